The van der Waals surface area contributed by atoms with Gasteiger partial charge in [0.15, 0.2) is 29.3 Å². The fourth-order valence-corrected chi connectivity index (χ4v) is 5.01. The highest BCUT2D eigenvalue weighted by atomic mass is 16.5. The number of hydrogen-bond donors (Lipinski definition) is 0. The van der Waals surface area contributed by atoms with Crippen LogP contribution in [0, 0.1) is 0 Å². The second-order valence-corrected chi connectivity index (χ2v) is 9.07. The monoisotopic (exact) mass is 543 g/mol. The van der Waals surface area contributed by atoms with Gasteiger partial charge in [0, 0.05) is 35.1 Å². The van der Waals surface area contributed by atoms with Crippen LogP contribution in [-0.4, -0.2) is 46.4 Å². The van der Waals surface area contributed by atoms with Gasteiger partial charge in [-0.15, -0.1) is 0 Å². The van der Waals surface area contributed by atoms with Gasteiger partial charge in [0.05, 0.1) is 41.1 Å². The fourth-order valence-electron chi connectivity index (χ4n) is 5.01. The molecule has 0 atom stereocenters. The fraction of sp³-hybridized carbons (Fsp3) is 0.226. The first-order valence-electron chi connectivity index (χ1n) is 12.5. The average molecular weight is 544 g/mol. The lowest BCUT2D eigenvalue weighted by Crippen LogP contribution is -2.08. The molecule has 9 heteroatoms. The minimum atomic E-state index is -0.489. The molecule has 2 aromatic heterocycles. The maximum Gasteiger partial charge on any atom is 0.361 e. The smallest absolute Gasteiger partial charge is 0.361 e. The molecule has 0 radical (unpaired) electrons. The first-order valence-corrected chi connectivity index (χ1v) is 12.5. The van der Waals surface area contributed by atoms with E-state index in [4.69, 9.17) is 28.1 Å². The summed E-state index contributed by atoms with van der Waals surface area (Å²) in [6.07, 6.45) is 3.27. The summed E-state index contributed by atoms with van der Waals surface area (Å²) >= 11 is 0. The number of hydrogen-bond acceptors (Lipinski definition) is 8. The van der Waals surface area contributed by atoms with Crippen LogP contribution in [0.25, 0.3) is 33.0 Å². The third kappa shape index (κ3) is 4.59. The van der Waals surface area contributed by atoms with Gasteiger partial charge < -0.3 is 32.7 Å². The lowest BCUT2D eigenvalue weighted by Gasteiger charge is -2.11. The Kier molecular flexibility index (Phi) is 7.37. The number of nitrogens with zero attached hydrogens (tertiary/aromatic N) is 1. The third-order valence-electron chi connectivity index (χ3n) is 6.99. The van der Waals surface area contributed by atoms with Gasteiger partial charge in [-0.2, -0.15) is 0 Å². The van der Waals surface area contributed by atoms with Crippen molar-refractivity contribution in [1.82, 2.24) is 4.57 Å². The van der Waals surface area contributed by atoms with Gasteiger partial charge in [-0.3, -0.25) is 4.79 Å². The highest BCUT2D eigenvalue weighted by Gasteiger charge is 2.21. The summed E-state index contributed by atoms with van der Waals surface area (Å²) in [6, 6.07) is 14.5. The summed E-state index contributed by atoms with van der Waals surface area (Å²) in [5, 5.41) is 1.36. The molecular weight excluding hydrogens is 514 g/mol. The van der Waals surface area contributed by atoms with E-state index in [1.807, 2.05) is 35.0 Å². The largest absolute Gasteiger partial charge is 0.496 e. The molecule has 2 heterocycles. The number of aryl methyl sites for hydroxylation is 2. The summed E-state index contributed by atoms with van der Waals surface area (Å²) in [5.41, 5.74) is 3.19. The molecular formula is C31H29NO8. The number of aromatic nitrogens is 1. The van der Waals surface area contributed by atoms with Crippen molar-refractivity contribution < 1.29 is 32.9 Å². The molecule has 0 amide bonds. The number of rotatable bonds is 10. The molecule has 0 N–H and O–H groups in total. The summed E-state index contributed by atoms with van der Waals surface area (Å²) in [6.45, 7) is 0.478. The van der Waals surface area contributed by atoms with E-state index < -0.39 is 5.63 Å². The SMILES string of the molecule is COc1ccc(-c2cn(CCc3ccc(OC)c(OC)c3)c3c(=O)oc4cc(OC)c(OC)cc4c23)cc1C=O. The Bertz CT molecular complexity index is 1780. The number of methoxy groups -OCH3 is 5. The Morgan fingerprint density at radius 3 is 2.10 bits per heavy atom. The van der Waals surface area contributed by atoms with E-state index in [0.29, 0.717) is 69.1 Å². The normalized spacial score (nSPS) is 11.0. The van der Waals surface area contributed by atoms with Crippen LogP contribution < -0.4 is 29.3 Å². The molecule has 0 fully saturated rings. The molecule has 206 valence electrons. The maximum absolute atomic E-state index is 13.5. The predicted octanol–water partition coefficient (Wildman–Crippen LogP) is 5.51. The molecule has 0 bridgehead atoms. The standard InChI is InChI=1S/C31H29NO8/c1-35-23-9-7-19(13-20(23)17-33)22-16-32(11-10-18-6-8-24(36-2)26(12-18)37-3)30-29(22)21-14-27(38-4)28(39-5)15-25(21)40-31(30)34/h6-9,12-17H,10-11H2,1-5H3. The van der Waals surface area contributed by atoms with Gasteiger partial charge in [-0.25, -0.2) is 4.79 Å². The van der Waals surface area contributed by atoms with Gasteiger partial charge in [0.1, 0.15) is 16.8 Å². The van der Waals surface area contributed by atoms with E-state index in [0.717, 1.165) is 23.0 Å². The predicted molar refractivity (Wildman–Crippen MR) is 152 cm³/mol. The molecule has 5 aromatic rings. The molecule has 0 aliphatic rings. The first kappa shape index (κ1) is 26.7. The zero-order valence-corrected chi connectivity index (χ0v) is 22.9. The van der Waals surface area contributed by atoms with Crippen LogP contribution in [-0.2, 0) is 13.0 Å². The second-order valence-electron chi connectivity index (χ2n) is 9.07. The van der Waals surface area contributed by atoms with Crippen molar-refractivity contribution >= 4 is 28.2 Å². The van der Waals surface area contributed by atoms with E-state index in [-0.39, 0.29) is 0 Å². The zero-order chi connectivity index (χ0) is 28.4. The lowest BCUT2D eigenvalue weighted by molar-refractivity contribution is 0.112. The van der Waals surface area contributed by atoms with Gasteiger partial charge in [0.2, 0.25) is 0 Å². The molecule has 0 aliphatic carbocycles. The van der Waals surface area contributed by atoms with Gasteiger partial charge in [-0.1, -0.05) is 12.1 Å². The van der Waals surface area contributed by atoms with Crippen molar-refractivity contribution in [2.45, 2.75) is 13.0 Å². The van der Waals surface area contributed by atoms with Crippen LogP contribution in [0.15, 0.2) is 63.9 Å². The van der Waals surface area contributed by atoms with E-state index in [1.54, 1.807) is 45.6 Å². The molecule has 0 unspecified atom stereocenters. The topological polar surface area (TPSA) is 98.4 Å². The summed E-state index contributed by atoms with van der Waals surface area (Å²) in [4.78, 5) is 25.3. The number of ether oxygens (including phenoxy) is 5. The van der Waals surface area contributed by atoms with E-state index in [1.165, 1.54) is 14.2 Å². The molecule has 5 rings (SSSR count). The molecule has 0 spiro atoms. The Balaban J connectivity index is 1.73. The maximum atomic E-state index is 13.5. The van der Waals surface area contributed by atoms with Crippen LogP contribution in [0.3, 0.4) is 0 Å². The number of carbonyl (C=O) groups is 1. The minimum absolute atomic E-state index is 0.359. The highest BCUT2D eigenvalue weighted by Crippen LogP contribution is 2.40. The molecule has 3 aromatic carbocycles. The first-order chi connectivity index (χ1) is 19.5. The van der Waals surface area contributed by atoms with Crippen molar-refractivity contribution in [1.29, 1.82) is 0 Å². The van der Waals surface area contributed by atoms with Crippen LogP contribution in [0.5, 0.6) is 28.7 Å². The Morgan fingerprint density at radius 1 is 0.775 bits per heavy atom. The Hall–Kier alpha value is -4.92. The third-order valence-corrected chi connectivity index (χ3v) is 6.99. The zero-order valence-electron chi connectivity index (χ0n) is 22.9. The highest BCUT2D eigenvalue weighted by molar-refractivity contribution is 6.12. The van der Waals surface area contributed by atoms with E-state index in [2.05, 4.69) is 0 Å². The number of fused-ring (bicyclic) bond motifs is 3. The Morgan fingerprint density at radius 2 is 1.43 bits per heavy atom. The molecule has 0 saturated heterocycles. The Labute approximate surface area is 230 Å². The lowest BCUT2D eigenvalue weighted by atomic mass is 10.00. The number of aldehydes is 1. The molecule has 0 aliphatic heterocycles. The van der Waals surface area contributed by atoms with Crippen LogP contribution in [0.1, 0.15) is 15.9 Å². The number of carbonyl (C=O) groups excluding carboxylic acids is 1. The summed E-state index contributed by atoms with van der Waals surface area (Å²) < 4.78 is 34.8. The van der Waals surface area contributed by atoms with Gasteiger partial charge in [0.25, 0.3) is 0 Å². The van der Waals surface area contributed by atoms with Crippen LogP contribution >= 0.6 is 0 Å². The summed E-state index contributed by atoms with van der Waals surface area (Å²) in [5.74, 6) is 2.68. The molecule has 9 nitrogen and oxygen atoms in total. The van der Waals surface area contributed by atoms with E-state index in [9.17, 15) is 9.59 Å². The van der Waals surface area contributed by atoms with Crippen molar-refractivity contribution in [2.75, 3.05) is 35.5 Å². The molecule has 0 saturated carbocycles. The van der Waals surface area contributed by atoms with Gasteiger partial charge in [-0.05, 0) is 47.9 Å². The van der Waals surface area contributed by atoms with Crippen molar-refractivity contribution in [3.05, 3.63) is 76.3 Å². The molecule has 40 heavy (non-hydrogen) atoms. The van der Waals surface area contributed by atoms with Crippen molar-refractivity contribution in [3.8, 4) is 39.9 Å². The van der Waals surface area contributed by atoms with Crippen molar-refractivity contribution in [2.24, 2.45) is 0 Å². The van der Waals surface area contributed by atoms with Crippen LogP contribution in [0.2, 0.25) is 0 Å². The number of benzene rings is 3. The van der Waals surface area contributed by atoms with E-state index >= 15 is 0 Å². The summed E-state index contributed by atoms with van der Waals surface area (Å²) in [7, 11) is 7.77. The van der Waals surface area contributed by atoms with Gasteiger partial charge >= 0.3 is 5.63 Å². The minimum Gasteiger partial charge on any atom is -0.496 e. The second kappa shape index (κ2) is 11.1. The van der Waals surface area contributed by atoms with Crippen LogP contribution in [0.4, 0.5) is 0 Å². The van der Waals surface area contributed by atoms with Crippen molar-refractivity contribution in [3.63, 3.8) is 0 Å². The average Bonchev–Trinajstić information content (AvgIpc) is 3.39. The quantitative estimate of drug-likeness (QED) is 0.168.